The maximum atomic E-state index is 2.66. The van der Waals surface area contributed by atoms with Crippen molar-refractivity contribution >= 4 is 0 Å². The van der Waals surface area contributed by atoms with Crippen LogP contribution in [0, 0.1) is 23.7 Å². The summed E-state index contributed by atoms with van der Waals surface area (Å²) in [6.07, 6.45) is 19.8. The monoisotopic (exact) mass is 299 g/mol. The topological polar surface area (TPSA) is 3.24 Å². The minimum Gasteiger partial charge on any atom is -0.306 e. The first kappa shape index (κ1) is 15.0. The zero-order valence-corrected chi connectivity index (χ0v) is 14.4. The first-order valence-electron chi connectivity index (χ1n) is 9.91. The SMILES string of the molecule is CN1CCC(=C2C3CCCCC3C=CC3CCCCC23)CC1. The molecule has 3 fully saturated rings. The molecule has 1 nitrogen and oxygen atoms in total. The standard InChI is InChI=1S/C21H33N/c1-22-14-12-18(13-15-22)21-19-8-4-2-6-16(19)10-11-17-7-3-5-9-20(17)21/h10-11,16-17,19-20H,2-9,12-15H2,1H3. The summed E-state index contributed by atoms with van der Waals surface area (Å²) < 4.78 is 0. The van der Waals surface area contributed by atoms with Gasteiger partial charge in [-0.05, 0) is 69.2 Å². The summed E-state index contributed by atoms with van der Waals surface area (Å²) in [7, 11) is 2.29. The summed E-state index contributed by atoms with van der Waals surface area (Å²) in [5, 5.41) is 0. The summed E-state index contributed by atoms with van der Waals surface area (Å²) in [5.74, 6) is 3.58. The van der Waals surface area contributed by atoms with Gasteiger partial charge >= 0.3 is 0 Å². The molecule has 0 aromatic rings. The molecular formula is C21H33N. The summed E-state index contributed by atoms with van der Waals surface area (Å²) in [6.45, 7) is 2.59. The van der Waals surface area contributed by atoms with Crippen molar-refractivity contribution in [3.63, 3.8) is 0 Å². The van der Waals surface area contributed by atoms with Gasteiger partial charge in [0.1, 0.15) is 0 Å². The average Bonchev–Trinajstić information content (AvgIpc) is 2.73. The van der Waals surface area contributed by atoms with Crippen molar-refractivity contribution in [2.45, 2.75) is 64.2 Å². The molecule has 3 aliphatic carbocycles. The van der Waals surface area contributed by atoms with E-state index in [0.717, 1.165) is 23.7 Å². The fourth-order valence-corrected chi connectivity index (χ4v) is 5.81. The lowest BCUT2D eigenvalue weighted by molar-refractivity contribution is 0.252. The molecule has 1 heteroatoms. The van der Waals surface area contributed by atoms with Crippen LogP contribution >= 0.6 is 0 Å². The molecule has 0 radical (unpaired) electrons. The first-order chi connectivity index (χ1) is 10.8. The van der Waals surface area contributed by atoms with Gasteiger partial charge in [-0.2, -0.15) is 0 Å². The highest BCUT2D eigenvalue weighted by Crippen LogP contribution is 2.50. The van der Waals surface area contributed by atoms with Crippen LogP contribution in [0.1, 0.15) is 64.2 Å². The fourth-order valence-electron chi connectivity index (χ4n) is 5.81. The maximum Gasteiger partial charge on any atom is 0.00158 e. The molecule has 0 bridgehead atoms. The van der Waals surface area contributed by atoms with Crippen LogP contribution in [-0.4, -0.2) is 25.0 Å². The van der Waals surface area contributed by atoms with Gasteiger partial charge in [0.15, 0.2) is 0 Å². The van der Waals surface area contributed by atoms with Crippen molar-refractivity contribution in [1.29, 1.82) is 0 Å². The Balaban J connectivity index is 1.71. The molecule has 4 rings (SSSR count). The van der Waals surface area contributed by atoms with Crippen LogP contribution in [-0.2, 0) is 0 Å². The van der Waals surface area contributed by atoms with Crippen molar-refractivity contribution in [2.75, 3.05) is 20.1 Å². The van der Waals surface area contributed by atoms with E-state index in [-0.39, 0.29) is 0 Å². The molecule has 1 heterocycles. The van der Waals surface area contributed by atoms with Crippen molar-refractivity contribution in [3.8, 4) is 0 Å². The van der Waals surface area contributed by atoms with Gasteiger partial charge in [0.05, 0.1) is 0 Å². The van der Waals surface area contributed by atoms with Crippen molar-refractivity contribution in [3.05, 3.63) is 23.3 Å². The smallest absolute Gasteiger partial charge is 0.00158 e. The van der Waals surface area contributed by atoms with Gasteiger partial charge in [-0.25, -0.2) is 0 Å². The second-order valence-corrected chi connectivity index (χ2v) is 8.36. The van der Waals surface area contributed by atoms with Crippen LogP contribution in [0.3, 0.4) is 0 Å². The molecule has 4 atom stereocenters. The minimum absolute atomic E-state index is 0.876. The Labute approximate surface area is 136 Å². The molecule has 1 aliphatic heterocycles. The van der Waals surface area contributed by atoms with E-state index in [1.165, 1.54) is 77.3 Å². The molecule has 0 amide bonds. The van der Waals surface area contributed by atoms with Crippen LogP contribution < -0.4 is 0 Å². The second kappa shape index (κ2) is 6.51. The average molecular weight is 300 g/mol. The Morgan fingerprint density at radius 1 is 0.773 bits per heavy atom. The van der Waals surface area contributed by atoms with E-state index in [2.05, 4.69) is 24.1 Å². The highest BCUT2D eigenvalue weighted by molar-refractivity contribution is 5.28. The number of allylic oxidation sites excluding steroid dienone is 3. The third-order valence-electron chi connectivity index (χ3n) is 7.04. The minimum atomic E-state index is 0.876. The van der Waals surface area contributed by atoms with Crippen LogP contribution in [0.15, 0.2) is 23.3 Å². The molecule has 2 saturated carbocycles. The molecule has 122 valence electrons. The number of rotatable bonds is 0. The van der Waals surface area contributed by atoms with Crippen LogP contribution in [0.2, 0.25) is 0 Å². The van der Waals surface area contributed by atoms with Crippen LogP contribution in [0.4, 0.5) is 0 Å². The highest BCUT2D eigenvalue weighted by Gasteiger charge is 2.38. The van der Waals surface area contributed by atoms with Crippen LogP contribution in [0.5, 0.6) is 0 Å². The number of hydrogen-bond donors (Lipinski definition) is 0. The summed E-state index contributed by atoms with van der Waals surface area (Å²) >= 11 is 0. The predicted molar refractivity (Wildman–Crippen MR) is 93.8 cm³/mol. The van der Waals surface area contributed by atoms with Gasteiger partial charge in [0.25, 0.3) is 0 Å². The van der Waals surface area contributed by atoms with Gasteiger partial charge in [-0.3, -0.25) is 0 Å². The summed E-state index contributed by atoms with van der Waals surface area (Å²) in [6, 6.07) is 0. The lowest BCUT2D eigenvalue weighted by atomic mass is 9.66. The maximum absolute atomic E-state index is 2.66. The molecule has 4 unspecified atom stereocenters. The van der Waals surface area contributed by atoms with Gasteiger partial charge in [0, 0.05) is 13.1 Å². The third-order valence-corrected chi connectivity index (χ3v) is 7.04. The molecule has 22 heavy (non-hydrogen) atoms. The lowest BCUT2D eigenvalue weighted by Gasteiger charge is -2.40. The van der Waals surface area contributed by atoms with Gasteiger partial charge in [-0.15, -0.1) is 0 Å². The Bertz CT molecular complexity index is 423. The molecule has 0 aromatic carbocycles. The molecule has 1 saturated heterocycles. The van der Waals surface area contributed by atoms with Crippen molar-refractivity contribution in [2.24, 2.45) is 23.7 Å². The molecule has 0 N–H and O–H groups in total. The quantitative estimate of drug-likeness (QED) is 0.556. The first-order valence-corrected chi connectivity index (χ1v) is 9.91. The number of fused-ring (bicyclic) bond motifs is 2. The molecule has 0 spiro atoms. The number of piperidine rings is 1. The van der Waals surface area contributed by atoms with E-state index in [1.54, 1.807) is 0 Å². The Morgan fingerprint density at radius 3 is 1.82 bits per heavy atom. The Kier molecular flexibility index (Phi) is 4.44. The number of likely N-dealkylation sites (tertiary alicyclic amines) is 1. The third kappa shape index (κ3) is 2.82. The van der Waals surface area contributed by atoms with E-state index in [1.807, 2.05) is 11.1 Å². The normalized spacial score (nSPS) is 40.0. The Morgan fingerprint density at radius 2 is 1.27 bits per heavy atom. The van der Waals surface area contributed by atoms with E-state index in [9.17, 15) is 0 Å². The lowest BCUT2D eigenvalue weighted by Crippen LogP contribution is -2.32. The van der Waals surface area contributed by atoms with Gasteiger partial charge in [-0.1, -0.05) is 49.0 Å². The van der Waals surface area contributed by atoms with E-state index < -0.39 is 0 Å². The van der Waals surface area contributed by atoms with Gasteiger partial charge in [0.2, 0.25) is 0 Å². The molecule has 0 aromatic heterocycles. The molecular weight excluding hydrogens is 266 g/mol. The van der Waals surface area contributed by atoms with Crippen molar-refractivity contribution < 1.29 is 0 Å². The van der Waals surface area contributed by atoms with Crippen LogP contribution in [0.25, 0.3) is 0 Å². The van der Waals surface area contributed by atoms with Crippen molar-refractivity contribution in [1.82, 2.24) is 4.90 Å². The van der Waals surface area contributed by atoms with E-state index in [0.29, 0.717) is 0 Å². The number of hydrogen-bond acceptors (Lipinski definition) is 1. The Hall–Kier alpha value is -0.560. The zero-order chi connectivity index (χ0) is 14.9. The zero-order valence-electron chi connectivity index (χ0n) is 14.4. The predicted octanol–water partition coefficient (Wildman–Crippen LogP) is 5.19. The van der Waals surface area contributed by atoms with E-state index >= 15 is 0 Å². The molecule has 4 aliphatic rings. The highest BCUT2D eigenvalue weighted by atomic mass is 15.1. The van der Waals surface area contributed by atoms with E-state index in [4.69, 9.17) is 0 Å². The summed E-state index contributed by atoms with van der Waals surface area (Å²) in [5.41, 5.74) is 3.89. The fraction of sp³-hybridized carbons (Fsp3) is 0.810. The number of nitrogens with zero attached hydrogens (tertiary/aromatic N) is 1. The van der Waals surface area contributed by atoms with Gasteiger partial charge < -0.3 is 4.90 Å². The second-order valence-electron chi connectivity index (χ2n) is 8.36. The largest absolute Gasteiger partial charge is 0.306 e. The summed E-state index contributed by atoms with van der Waals surface area (Å²) in [4.78, 5) is 2.52.